The van der Waals surface area contributed by atoms with Crippen LogP contribution in [0.15, 0.2) is 36.4 Å². The van der Waals surface area contributed by atoms with Crippen molar-refractivity contribution in [3.63, 3.8) is 0 Å². The smallest absolute Gasteiger partial charge is 0.327 e. The topological polar surface area (TPSA) is 20.3 Å². The molecule has 0 aromatic heterocycles. The SMILES string of the molecule is Cc1ccc2c(c1)C(=O)N1Cc3cc(C(F)(F)F)ccc3C[C@@H]21. The van der Waals surface area contributed by atoms with Crippen LogP contribution in [-0.2, 0) is 19.1 Å². The van der Waals surface area contributed by atoms with Gasteiger partial charge in [0, 0.05) is 12.1 Å². The molecule has 118 valence electrons. The molecule has 2 heterocycles. The molecule has 2 aromatic carbocycles. The van der Waals surface area contributed by atoms with Gasteiger partial charge in [0.15, 0.2) is 0 Å². The highest BCUT2D eigenvalue weighted by atomic mass is 19.4. The molecule has 5 heteroatoms. The quantitative estimate of drug-likeness (QED) is 0.711. The Morgan fingerprint density at radius 1 is 1.09 bits per heavy atom. The molecule has 0 N–H and O–H groups in total. The third kappa shape index (κ3) is 2.14. The zero-order valence-electron chi connectivity index (χ0n) is 12.4. The molecule has 1 amide bonds. The molecule has 2 nitrogen and oxygen atoms in total. The Hall–Kier alpha value is -2.30. The Morgan fingerprint density at radius 3 is 2.61 bits per heavy atom. The summed E-state index contributed by atoms with van der Waals surface area (Å²) in [5.74, 6) is -0.0863. The van der Waals surface area contributed by atoms with Gasteiger partial charge in [-0.1, -0.05) is 23.8 Å². The van der Waals surface area contributed by atoms with Crippen LogP contribution in [0.5, 0.6) is 0 Å². The Kier molecular flexibility index (Phi) is 2.86. The Labute approximate surface area is 131 Å². The number of fused-ring (bicyclic) bond motifs is 4. The van der Waals surface area contributed by atoms with E-state index >= 15 is 0 Å². The number of alkyl halides is 3. The van der Waals surface area contributed by atoms with Crippen LogP contribution < -0.4 is 0 Å². The van der Waals surface area contributed by atoms with Crippen molar-refractivity contribution in [1.29, 1.82) is 0 Å². The lowest BCUT2D eigenvalue weighted by Gasteiger charge is -2.32. The van der Waals surface area contributed by atoms with Crippen LogP contribution in [0.4, 0.5) is 13.2 Å². The first-order valence-electron chi connectivity index (χ1n) is 7.45. The van der Waals surface area contributed by atoms with Crippen molar-refractivity contribution in [2.75, 3.05) is 0 Å². The van der Waals surface area contributed by atoms with E-state index in [1.54, 1.807) is 11.0 Å². The summed E-state index contributed by atoms with van der Waals surface area (Å²) in [7, 11) is 0. The molecule has 0 radical (unpaired) electrons. The lowest BCUT2D eigenvalue weighted by Crippen LogP contribution is -2.33. The monoisotopic (exact) mass is 317 g/mol. The fourth-order valence-electron chi connectivity index (χ4n) is 3.55. The molecule has 1 atom stereocenters. The lowest BCUT2D eigenvalue weighted by molar-refractivity contribution is -0.137. The van der Waals surface area contributed by atoms with Crippen molar-refractivity contribution < 1.29 is 18.0 Å². The van der Waals surface area contributed by atoms with Crippen molar-refractivity contribution in [2.45, 2.75) is 32.1 Å². The molecule has 0 aliphatic carbocycles. The molecular weight excluding hydrogens is 303 g/mol. The first kappa shape index (κ1) is 14.3. The van der Waals surface area contributed by atoms with E-state index in [1.165, 1.54) is 6.07 Å². The number of benzene rings is 2. The summed E-state index contributed by atoms with van der Waals surface area (Å²) < 4.78 is 38.6. The maximum absolute atomic E-state index is 12.9. The van der Waals surface area contributed by atoms with Crippen LogP contribution in [-0.4, -0.2) is 10.8 Å². The van der Waals surface area contributed by atoms with E-state index in [1.807, 2.05) is 25.1 Å². The molecule has 0 saturated heterocycles. The summed E-state index contributed by atoms with van der Waals surface area (Å²) in [4.78, 5) is 14.3. The molecule has 0 fully saturated rings. The normalized spacial score (nSPS) is 19.4. The molecule has 23 heavy (non-hydrogen) atoms. The van der Waals surface area contributed by atoms with Gasteiger partial charge in [0.1, 0.15) is 0 Å². The van der Waals surface area contributed by atoms with E-state index in [0.29, 0.717) is 17.5 Å². The van der Waals surface area contributed by atoms with E-state index in [-0.39, 0.29) is 18.5 Å². The van der Waals surface area contributed by atoms with Crippen LogP contribution in [0.1, 0.15) is 44.2 Å². The largest absolute Gasteiger partial charge is 0.416 e. The highest BCUT2D eigenvalue weighted by Crippen LogP contribution is 2.42. The van der Waals surface area contributed by atoms with Crippen LogP contribution >= 0.6 is 0 Å². The Balaban J connectivity index is 1.76. The van der Waals surface area contributed by atoms with Crippen molar-refractivity contribution in [3.05, 3.63) is 69.8 Å². The third-order valence-electron chi connectivity index (χ3n) is 4.72. The summed E-state index contributed by atoms with van der Waals surface area (Å²) in [6.45, 7) is 2.16. The van der Waals surface area contributed by atoms with Gasteiger partial charge in [-0.3, -0.25) is 4.79 Å². The van der Waals surface area contributed by atoms with Crippen molar-refractivity contribution in [2.24, 2.45) is 0 Å². The number of amides is 1. The first-order valence-corrected chi connectivity index (χ1v) is 7.45. The van der Waals surface area contributed by atoms with E-state index in [0.717, 1.165) is 22.8 Å². The van der Waals surface area contributed by atoms with E-state index < -0.39 is 11.7 Å². The molecule has 0 spiro atoms. The summed E-state index contributed by atoms with van der Waals surface area (Å²) in [6, 6.07) is 9.57. The fraction of sp³-hybridized carbons (Fsp3) is 0.278. The van der Waals surface area contributed by atoms with Crippen molar-refractivity contribution in [3.8, 4) is 0 Å². The van der Waals surface area contributed by atoms with Gasteiger partial charge in [0.25, 0.3) is 5.91 Å². The van der Waals surface area contributed by atoms with Gasteiger partial charge in [0.2, 0.25) is 0 Å². The summed E-state index contributed by atoms with van der Waals surface area (Å²) in [5.41, 5.74) is 3.49. The van der Waals surface area contributed by atoms with Crippen molar-refractivity contribution in [1.82, 2.24) is 4.90 Å². The van der Waals surface area contributed by atoms with E-state index in [9.17, 15) is 18.0 Å². The lowest BCUT2D eigenvalue weighted by atomic mass is 9.90. The minimum absolute atomic E-state index is 0.0673. The second kappa shape index (κ2) is 4.60. The van der Waals surface area contributed by atoms with E-state index in [2.05, 4.69) is 0 Å². The summed E-state index contributed by atoms with van der Waals surface area (Å²) in [5, 5.41) is 0. The number of aryl methyl sites for hydroxylation is 1. The molecule has 0 saturated carbocycles. The van der Waals surface area contributed by atoms with Gasteiger partial charge in [-0.15, -0.1) is 0 Å². The van der Waals surface area contributed by atoms with Crippen LogP contribution in [0.3, 0.4) is 0 Å². The third-order valence-corrected chi connectivity index (χ3v) is 4.72. The number of halogens is 3. The predicted octanol–water partition coefficient (Wildman–Crippen LogP) is 4.27. The molecule has 4 rings (SSSR count). The zero-order valence-corrected chi connectivity index (χ0v) is 12.4. The van der Waals surface area contributed by atoms with Gasteiger partial charge < -0.3 is 4.90 Å². The number of carbonyl (C=O) groups is 1. The number of hydrogen-bond donors (Lipinski definition) is 0. The predicted molar refractivity (Wildman–Crippen MR) is 78.9 cm³/mol. The van der Waals surface area contributed by atoms with E-state index in [4.69, 9.17) is 0 Å². The van der Waals surface area contributed by atoms with Crippen LogP contribution in [0, 0.1) is 6.92 Å². The molecule has 0 unspecified atom stereocenters. The zero-order chi connectivity index (χ0) is 16.4. The molecule has 2 aliphatic heterocycles. The number of nitrogens with zero attached hydrogens (tertiary/aromatic N) is 1. The molecular formula is C18H14F3NO. The number of carbonyl (C=O) groups excluding carboxylic acids is 1. The summed E-state index contributed by atoms with van der Waals surface area (Å²) in [6.07, 6.45) is -3.80. The number of hydrogen-bond acceptors (Lipinski definition) is 1. The molecule has 2 aliphatic rings. The maximum Gasteiger partial charge on any atom is 0.416 e. The van der Waals surface area contributed by atoms with Crippen LogP contribution in [0.25, 0.3) is 0 Å². The van der Waals surface area contributed by atoms with Gasteiger partial charge in [-0.2, -0.15) is 13.2 Å². The highest BCUT2D eigenvalue weighted by Gasteiger charge is 2.40. The van der Waals surface area contributed by atoms with Gasteiger partial charge in [-0.05, 0) is 48.2 Å². The maximum atomic E-state index is 12.9. The average Bonchev–Trinajstić information content (AvgIpc) is 2.76. The second-order valence-electron chi connectivity index (χ2n) is 6.22. The minimum atomic E-state index is -4.36. The first-order chi connectivity index (χ1) is 10.8. The van der Waals surface area contributed by atoms with Crippen LogP contribution in [0.2, 0.25) is 0 Å². The Bertz CT molecular complexity index is 826. The Morgan fingerprint density at radius 2 is 1.87 bits per heavy atom. The minimum Gasteiger partial charge on any atom is -0.327 e. The standard InChI is InChI=1S/C18H14F3NO/c1-10-2-5-14-15(6-10)17(23)22-9-12-7-13(18(19,20)21)4-3-11(12)8-16(14)22/h2-7,16H,8-9H2,1H3/t16-/m0/s1. The van der Waals surface area contributed by atoms with Gasteiger partial charge >= 0.3 is 6.18 Å². The molecule has 2 aromatic rings. The second-order valence-corrected chi connectivity index (χ2v) is 6.22. The average molecular weight is 317 g/mol. The fourth-order valence-corrected chi connectivity index (χ4v) is 3.55. The number of rotatable bonds is 0. The van der Waals surface area contributed by atoms with Crippen molar-refractivity contribution >= 4 is 5.91 Å². The highest BCUT2D eigenvalue weighted by molar-refractivity contribution is 5.99. The summed E-state index contributed by atoms with van der Waals surface area (Å²) >= 11 is 0. The van der Waals surface area contributed by atoms with Gasteiger partial charge in [0.05, 0.1) is 11.6 Å². The van der Waals surface area contributed by atoms with Gasteiger partial charge in [-0.25, -0.2) is 0 Å². The molecule has 0 bridgehead atoms.